The third kappa shape index (κ3) is 2.94. The minimum absolute atomic E-state index is 0.00811. The maximum Gasteiger partial charge on any atom is 0.308 e. The average molecular weight is 282 g/mol. The summed E-state index contributed by atoms with van der Waals surface area (Å²) < 4.78 is 0. The minimum Gasteiger partial charge on any atom is -0.481 e. The molecule has 2 saturated heterocycles. The summed E-state index contributed by atoms with van der Waals surface area (Å²) in [6.45, 7) is 5.52. The predicted molar refractivity (Wildman–Crippen MR) is 71.8 cm³/mol. The molecule has 0 bridgehead atoms. The molecule has 0 radical (unpaired) electrons. The lowest BCUT2D eigenvalue weighted by atomic mass is 9.95. The van der Waals surface area contributed by atoms with Crippen LogP contribution in [0.1, 0.15) is 26.7 Å². The van der Waals surface area contributed by atoms with Crippen LogP contribution < -0.4 is 0 Å². The Morgan fingerprint density at radius 3 is 2.10 bits per heavy atom. The highest BCUT2D eigenvalue weighted by Gasteiger charge is 2.39. The van der Waals surface area contributed by atoms with E-state index >= 15 is 0 Å². The molecule has 0 saturated carbocycles. The highest BCUT2D eigenvalue weighted by Crippen LogP contribution is 2.27. The van der Waals surface area contributed by atoms with E-state index in [0.29, 0.717) is 39.0 Å². The highest BCUT2D eigenvalue weighted by molar-refractivity contribution is 5.81. The quantitative estimate of drug-likeness (QED) is 0.796. The molecule has 2 heterocycles. The third-order valence-corrected chi connectivity index (χ3v) is 4.53. The predicted octanol–water partition coefficient (Wildman–Crippen LogP) is 0.424. The summed E-state index contributed by atoms with van der Waals surface area (Å²) >= 11 is 0. The molecular weight excluding hydrogens is 260 g/mol. The van der Waals surface area contributed by atoms with Crippen molar-refractivity contribution in [3.05, 3.63) is 0 Å². The molecule has 2 rings (SSSR count). The fourth-order valence-electron chi connectivity index (χ4n) is 3.17. The zero-order valence-electron chi connectivity index (χ0n) is 12.0. The first kappa shape index (κ1) is 14.8. The molecule has 112 valence electrons. The van der Waals surface area contributed by atoms with E-state index < -0.39 is 11.9 Å². The molecule has 0 aromatic carbocycles. The van der Waals surface area contributed by atoms with Crippen LogP contribution in [0.5, 0.6) is 0 Å². The fraction of sp³-hybridized carbons (Fsp3) is 0.786. The van der Waals surface area contributed by atoms with Crippen LogP contribution in [-0.4, -0.2) is 58.9 Å². The number of amides is 2. The monoisotopic (exact) mass is 282 g/mol. The van der Waals surface area contributed by atoms with E-state index in [1.54, 1.807) is 16.7 Å². The Morgan fingerprint density at radius 1 is 1.05 bits per heavy atom. The maximum absolute atomic E-state index is 12.4. The van der Waals surface area contributed by atoms with Gasteiger partial charge in [0, 0.05) is 39.0 Å². The summed E-state index contributed by atoms with van der Waals surface area (Å²) in [5, 5.41) is 9.11. The van der Waals surface area contributed by atoms with E-state index in [1.165, 1.54) is 0 Å². The molecule has 6 nitrogen and oxygen atoms in total. The number of nitrogens with zero attached hydrogens (tertiary/aromatic N) is 2. The Labute approximate surface area is 118 Å². The number of hydrogen-bond acceptors (Lipinski definition) is 3. The smallest absolute Gasteiger partial charge is 0.308 e. The number of hydrogen-bond donors (Lipinski definition) is 1. The molecule has 2 aliphatic heterocycles. The third-order valence-electron chi connectivity index (χ3n) is 4.53. The van der Waals surface area contributed by atoms with E-state index in [2.05, 4.69) is 0 Å². The number of carbonyl (C=O) groups is 3. The number of carboxylic acid groups (broad SMARTS) is 1. The zero-order valence-corrected chi connectivity index (χ0v) is 12.0. The van der Waals surface area contributed by atoms with Crippen molar-refractivity contribution in [1.29, 1.82) is 0 Å². The van der Waals surface area contributed by atoms with Gasteiger partial charge in [-0.15, -0.1) is 0 Å². The first-order chi connectivity index (χ1) is 9.40. The number of aliphatic carboxylic acids is 1. The lowest BCUT2D eigenvalue weighted by Gasteiger charge is -2.32. The highest BCUT2D eigenvalue weighted by atomic mass is 16.4. The van der Waals surface area contributed by atoms with Crippen LogP contribution in [0.2, 0.25) is 0 Å². The van der Waals surface area contributed by atoms with Crippen molar-refractivity contribution in [2.75, 3.05) is 26.2 Å². The lowest BCUT2D eigenvalue weighted by molar-refractivity contribution is -0.143. The first-order valence-corrected chi connectivity index (χ1v) is 7.17. The van der Waals surface area contributed by atoms with Crippen LogP contribution in [0.3, 0.4) is 0 Å². The molecule has 6 heteroatoms. The number of piperidine rings is 1. The second kappa shape index (κ2) is 5.81. The standard InChI is InChI=1S/C14H22N2O4/c1-9-7-16(8-12(9)14(19)20)13(18)11-3-5-15(6-4-11)10(2)17/h9,11-12H,3-8H2,1-2H3,(H,19,20)/t9-,12-/m1/s1. The molecule has 2 aliphatic rings. The van der Waals surface area contributed by atoms with Crippen molar-refractivity contribution in [3.8, 4) is 0 Å². The summed E-state index contributed by atoms with van der Waals surface area (Å²) in [4.78, 5) is 38.2. The van der Waals surface area contributed by atoms with Crippen molar-refractivity contribution in [2.45, 2.75) is 26.7 Å². The largest absolute Gasteiger partial charge is 0.481 e. The number of carboxylic acids is 1. The summed E-state index contributed by atoms with van der Waals surface area (Å²) in [6, 6.07) is 0. The Kier molecular flexibility index (Phi) is 4.30. The van der Waals surface area contributed by atoms with Crippen LogP contribution in [0.15, 0.2) is 0 Å². The lowest BCUT2D eigenvalue weighted by Crippen LogP contribution is -2.43. The van der Waals surface area contributed by atoms with Crippen LogP contribution in [0.25, 0.3) is 0 Å². The molecule has 2 amide bonds. The van der Waals surface area contributed by atoms with Gasteiger partial charge >= 0.3 is 5.97 Å². The summed E-state index contributed by atoms with van der Waals surface area (Å²) in [5.74, 6) is -1.21. The van der Waals surface area contributed by atoms with Gasteiger partial charge in [-0.3, -0.25) is 14.4 Å². The Balaban J connectivity index is 1.90. The minimum atomic E-state index is -0.820. The molecule has 0 spiro atoms. The van der Waals surface area contributed by atoms with Crippen molar-refractivity contribution < 1.29 is 19.5 Å². The van der Waals surface area contributed by atoms with Gasteiger partial charge in [0.1, 0.15) is 0 Å². The van der Waals surface area contributed by atoms with Gasteiger partial charge in [-0.1, -0.05) is 6.92 Å². The van der Waals surface area contributed by atoms with E-state index in [1.807, 2.05) is 6.92 Å². The van der Waals surface area contributed by atoms with Crippen molar-refractivity contribution in [1.82, 2.24) is 9.80 Å². The molecule has 2 atom stereocenters. The number of likely N-dealkylation sites (tertiary alicyclic amines) is 2. The molecule has 0 aromatic heterocycles. The Bertz CT molecular complexity index is 415. The van der Waals surface area contributed by atoms with E-state index in [0.717, 1.165) is 0 Å². The number of rotatable bonds is 2. The normalized spacial score (nSPS) is 27.7. The second-order valence-electron chi connectivity index (χ2n) is 5.95. The van der Waals surface area contributed by atoms with Crippen molar-refractivity contribution >= 4 is 17.8 Å². The maximum atomic E-state index is 12.4. The second-order valence-corrected chi connectivity index (χ2v) is 5.95. The molecular formula is C14H22N2O4. The average Bonchev–Trinajstić information content (AvgIpc) is 2.80. The summed E-state index contributed by atoms with van der Waals surface area (Å²) in [7, 11) is 0. The molecule has 20 heavy (non-hydrogen) atoms. The van der Waals surface area contributed by atoms with Crippen LogP contribution >= 0.6 is 0 Å². The topological polar surface area (TPSA) is 77.9 Å². The SMILES string of the molecule is CC(=O)N1CCC(C(=O)N2C[C@@H](C)[C@H](C(=O)O)C2)CC1. The van der Waals surface area contributed by atoms with Crippen LogP contribution in [-0.2, 0) is 14.4 Å². The molecule has 0 aliphatic carbocycles. The van der Waals surface area contributed by atoms with Gasteiger partial charge in [0.05, 0.1) is 5.92 Å². The van der Waals surface area contributed by atoms with E-state index in [4.69, 9.17) is 5.11 Å². The van der Waals surface area contributed by atoms with Gasteiger partial charge in [0.2, 0.25) is 11.8 Å². The molecule has 0 unspecified atom stereocenters. The Hall–Kier alpha value is -1.59. The molecule has 1 N–H and O–H groups in total. The van der Waals surface area contributed by atoms with Crippen molar-refractivity contribution in [2.24, 2.45) is 17.8 Å². The van der Waals surface area contributed by atoms with Crippen molar-refractivity contribution in [3.63, 3.8) is 0 Å². The number of carbonyl (C=O) groups excluding carboxylic acids is 2. The van der Waals surface area contributed by atoms with Gasteiger partial charge in [0.15, 0.2) is 0 Å². The summed E-state index contributed by atoms with van der Waals surface area (Å²) in [6.07, 6.45) is 1.36. The van der Waals surface area contributed by atoms with Gasteiger partial charge in [-0.2, -0.15) is 0 Å². The Morgan fingerprint density at radius 2 is 1.65 bits per heavy atom. The zero-order chi connectivity index (χ0) is 14.9. The van der Waals surface area contributed by atoms with Gasteiger partial charge in [0.25, 0.3) is 0 Å². The van der Waals surface area contributed by atoms with Crippen LogP contribution in [0.4, 0.5) is 0 Å². The van der Waals surface area contributed by atoms with E-state index in [-0.39, 0.29) is 23.7 Å². The van der Waals surface area contributed by atoms with Gasteiger partial charge < -0.3 is 14.9 Å². The van der Waals surface area contributed by atoms with E-state index in [9.17, 15) is 14.4 Å². The fourth-order valence-corrected chi connectivity index (χ4v) is 3.17. The van der Waals surface area contributed by atoms with Gasteiger partial charge in [-0.25, -0.2) is 0 Å². The first-order valence-electron chi connectivity index (χ1n) is 7.17. The van der Waals surface area contributed by atoms with Crippen LogP contribution in [0, 0.1) is 17.8 Å². The molecule has 2 fully saturated rings. The molecule has 0 aromatic rings. The van der Waals surface area contributed by atoms with Gasteiger partial charge in [-0.05, 0) is 18.8 Å². The summed E-state index contributed by atoms with van der Waals surface area (Å²) in [5.41, 5.74) is 0.